The Morgan fingerprint density at radius 3 is 2.60 bits per heavy atom. The molecule has 0 bridgehead atoms. The van der Waals surface area contributed by atoms with Gasteiger partial charge < -0.3 is 4.90 Å². The summed E-state index contributed by atoms with van der Waals surface area (Å²) in [5.74, 6) is 1.39. The topological polar surface area (TPSA) is 20.3 Å². The zero-order chi connectivity index (χ0) is 10.8. The van der Waals surface area contributed by atoms with Crippen LogP contribution in [0.1, 0.15) is 39.0 Å². The van der Waals surface area contributed by atoms with Crippen LogP contribution in [0.25, 0.3) is 0 Å². The van der Waals surface area contributed by atoms with Gasteiger partial charge in [0.15, 0.2) is 0 Å². The van der Waals surface area contributed by atoms with Crippen LogP contribution in [0.2, 0.25) is 0 Å². The van der Waals surface area contributed by atoms with Crippen molar-refractivity contribution in [2.45, 2.75) is 45.1 Å². The van der Waals surface area contributed by atoms with Crippen molar-refractivity contribution in [3.63, 3.8) is 0 Å². The molecule has 0 heterocycles. The first-order valence-electron chi connectivity index (χ1n) is 6.12. The lowest BCUT2D eigenvalue weighted by molar-refractivity contribution is -0.136. The van der Waals surface area contributed by atoms with Gasteiger partial charge in [-0.25, -0.2) is 0 Å². The molecule has 0 aromatic carbocycles. The molecule has 1 amide bonds. The predicted octanol–water partition coefficient (Wildman–Crippen LogP) is 2.60. The van der Waals surface area contributed by atoms with Crippen molar-refractivity contribution in [2.75, 3.05) is 7.05 Å². The molecule has 2 atom stereocenters. The second-order valence-electron chi connectivity index (χ2n) is 5.01. The molecule has 84 valence electrons. The fraction of sp³-hybridized carbons (Fsp3) is 0.769. The molecule has 0 aromatic heterocycles. The molecule has 0 radical (unpaired) electrons. The lowest BCUT2D eigenvalue weighted by Gasteiger charge is -2.29. The maximum atomic E-state index is 12.2. The van der Waals surface area contributed by atoms with Crippen LogP contribution in [0.15, 0.2) is 12.2 Å². The number of carbonyl (C=O) groups excluding carboxylic acids is 1. The predicted molar refractivity (Wildman–Crippen MR) is 61.4 cm³/mol. The Balaban J connectivity index is 1.90. The molecule has 1 saturated carbocycles. The third kappa shape index (κ3) is 2.42. The van der Waals surface area contributed by atoms with E-state index in [1.165, 1.54) is 12.8 Å². The van der Waals surface area contributed by atoms with E-state index in [1.54, 1.807) is 0 Å². The highest BCUT2D eigenvalue weighted by atomic mass is 16.2. The molecule has 0 spiro atoms. The monoisotopic (exact) mass is 207 g/mol. The Labute approximate surface area is 92.3 Å². The highest BCUT2D eigenvalue weighted by Gasteiger charge is 2.34. The van der Waals surface area contributed by atoms with Gasteiger partial charge in [0, 0.05) is 19.0 Å². The van der Waals surface area contributed by atoms with Gasteiger partial charge in [0.25, 0.3) is 0 Å². The highest BCUT2D eigenvalue weighted by Crippen LogP contribution is 2.35. The minimum atomic E-state index is 0.251. The Hall–Kier alpha value is -0.790. The molecule has 0 saturated heterocycles. The molecular weight excluding hydrogens is 186 g/mol. The van der Waals surface area contributed by atoms with E-state index in [4.69, 9.17) is 0 Å². The van der Waals surface area contributed by atoms with Crippen LogP contribution in [0.3, 0.4) is 0 Å². The fourth-order valence-electron chi connectivity index (χ4n) is 2.40. The standard InChI is InChI=1S/C13H21NO/c1-10(11-8-9-11)14(2)13(15)12-6-4-3-5-7-12/h3-4,10-12H,5-9H2,1-2H3/t10-,12-/m0/s1. The van der Waals surface area contributed by atoms with Gasteiger partial charge in [0.05, 0.1) is 0 Å². The molecule has 15 heavy (non-hydrogen) atoms. The van der Waals surface area contributed by atoms with Crippen LogP contribution in [-0.4, -0.2) is 23.9 Å². The number of hydrogen-bond acceptors (Lipinski definition) is 1. The normalized spacial score (nSPS) is 27.5. The third-order valence-corrected chi connectivity index (χ3v) is 3.88. The van der Waals surface area contributed by atoms with Crippen molar-refractivity contribution in [1.82, 2.24) is 4.90 Å². The Morgan fingerprint density at radius 2 is 2.07 bits per heavy atom. The van der Waals surface area contributed by atoms with Gasteiger partial charge >= 0.3 is 0 Å². The van der Waals surface area contributed by atoms with E-state index in [9.17, 15) is 4.79 Å². The zero-order valence-corrected chi connectivity index (χ0v) is 9.78. The van der Waals surface area contributed by atoms with Crippen LogP contribution in [0.5, 0.6) is 0 Å². The first-order chi connectivity index (χ1) is 7.20. The molecule has 2 aliphatic carbocycles. The number of nitrogens with zero attached hydrogens (tertiary/aromatic N) is 1. The average molecular weight is 207 g/mol. The number of hydrogen-bond donors (Lipinski definition) is 0. The van der Waals surface area contributed by atoms with E-state index in [0.717, 1.165) is 25.2 Å². The lowest BCUT2D eigenvalue weighted by Crippen LogP contribution is -2.40. The maximum Gasteiger partial charge on any atom is 0.225 e. The first-order valence-corrected chi connectivity index (χ1v) is 6.12. The van der Waals surface area contributed by atoms with Gasteiger partial charge in [0.1, 0.15) is 0 Å². The largest absolute Gasteiger partial charge is 0.343 e. The highest BCUT2D eigenvalue weighted by molar-refractivity contribution is 5.79. The van der Waals surface area contributed by atoms with Crippen molar-refractivity contribution in [2.24, 2.45) is 11.8 Å². The summed E-state index contributed by atoms with van der Waals surface area (Å²) < 4.78 is 0. The van der Waals surface area contributed by atoms with E-state index in [0.29, 0.717) is 11.9 Å². The minimum absolute atomic E-state index is 0.251. The van der Waals surface area contributed by atoms with Crippen molar-refractivity contribution in [3.8, 4) is 0 Å². The van der Waals surface area contributed by atoms with Gasteiger partial charge in [-0.05, 0) is 44.9 Å². The second kappa shape index (κ2) is 4.38. The van der Waals surface area contributed by atoms with Gasteiger partial charge in [-0.15, -0.1) is 0 Å². The Kier molecular flexibility index (Phi) is 3.13. The van der Waals surface area contributed by atoms with E-state index in [1.807, 2.05) is 11.9 Å². The van der Waals surface area contributed by atoms with Crippen LogP contribution in [0, 0.1) is 11.8 Å². The van der Waals surface area contributed by atoms with Gasteiger partial charge in [-0.2, -0.15) is 0 Å². The second-order valence-corrected chi connectivity index (χ2v) is 5.01. The summed E-state index contributed by atoms with van der Waals surface area (Å²) in [5, 5.41) is 0. The van der Waals surface area contributed by atoms with E-state index in [2.05, 4.69) is 19.1 Å². The van der Waals surface area contributed by atoms with E-state index >= 15 is 0 Å². The molecule has 2 rings (SSSR count). The molecule has 0 N–H and O–H groups in total. The minimum Gasteiger partial charge on any atom is -0.343 e. The Morgan fingerprint density at radius 1 is 1.33 bits per heavy atom. The molecule has 0 unspecified atom stereocenters. The van der Waals surface area contributed by atoms with Gasteiger partial charge in [-0.1, -0.05) is 12.2 Å². The van der Waals surface area contributed by atoms with E-state index < -0.39 is 0 Å². The van der Waals surface area contributed by atoms with Gasteiger partial charge in [0.2, 0.25) is 5.91 Å². The van der Waals surface area contributed by atoms with E-state index in [-0.39, 0.29) is 5.92 Å². The SMILES string of the molecule is C[C@@H](C1CC1)N(C)C(=O)[C@H]1CC=CCC1. The zero-order valence-electron chi connectivity index (χ0n) is 9.78. The summed E-state index contributed by atoms with van der Waals surface area (Å²) in [6.07, 6.45) is 10.0. The van der Waals surface area contributed by atoms with Crippen molar-refractivity contribution < 1.29 is 4.79 Å². The van der Waals surface area contributed by atoms with Crippen LogP contribution in [-0.2, 0) is 4.79 Å². The summed E-state index contributed by atoms with van der Waals surface area (Å²) in [6, 6.07) is 0.448. The summed E-state index contributed by atoms with van der Waals surface area (Å²) >= 11 is 0. The van der Waals surface area contributed by atoms with Crippen LogP contribution in [0.4, 0.5) is 0 Å². The maximum absolute atomic E-state index is 12.2. The molecular formula is C13H21NO. The number of rotatable bonds is 3. The van der Waals surface area contributed by atoms with Crippen LogP contribution < -0.4 is 0 Å². The van der Waals surface area contributed by atoms with Crippen molar-refractivity contribution >= 4 is 5.91 Å². The van der Waals surface area contributed by atoms with Gasteiger partial charge in [-0.3, -0.25) is 4.79 Å². The smallest absolute Gasteiger partial charge is 0.225 e. The van der Waals surface area contributed by atoms with Crippen molar-refractivity contribution in [1.29, 1.82) is 0 Å². The summed E-state index contributed by atoms with van der Waals surface area (Å²) in [4.78, 5) is 14.2. The lowest BCUT2D eigenvalue weighted by atomic mass is 9.92. The first kappa shape index (κ1) is 10.7. The molecule has 0 aliphatic heterocycles. The molecule has 2 nitrogen and oxygen atoms in total. The molecule has 1 fully saturated rings. The summed E-state index contributed by atoms with van der Waals surface area (Å²) in [5.41, 5.74) is 0. The number of amides is 1. The fourth-order valence-corrected chi connectivity index (χ4v) is 2.40. The quantitative estimate of drug-likeness (QED) is 0.651. The Bertz CT molecular complexity index is 268. The van der Waals surface area contributed by atoms with Crippen LogP contribution >= 0.6 is 0 Å². The third-order valence-electron chi connectivity index (χ3n) is 3.88. The van der Waals surface area contributed by atoms with Crippen molar-refractivity contribution in [3.05, 3.63) is 12.2 Å². The number of carbonyl (C=O) groups is 1. The molecule has 0 aromatic rings. The number of allylic oxidation sites excluding steroid dienone is 2. The summed E-state index contributed by atoms with van der Waals surface area (Å²) in [7, 11) is 1.98. The molecule has 2 aliphatic rings. The molecule has 2 heteroatoms. The summed E-state index contributed by atoms with van der Waals surface area (Å²) in [6.45, 7) is 2.19. The average Bonchev–Trinajstić information content (AvgIpc) is 3.11.